The van der Waals surface area contributed by atoms with Crippen molar-refractivity contribution in [3.05, 3.63) is 29.3 Å². The predicted molar refractivity (Wildman–Crippen MR) is 40.2 cm³/mol. The lowest BCUT2D eigenvalue weighted by molar-refractivity contribution is -0.255. The zero-order chi connectivity index (χ0) is 10.9. The van der Waals surface area contributed by atoms with E-state index in [1.54, 1.807) is 0 Å². The molecule has 0 radical (unpaired) electrons. The van der Waals surface area contributed by atoms with Crippen LogP contribution in [0.25, 0.3) is 0 Å². The van der Waals surface area contributed by atoms with Gasteiger partial charge in [0.15, 0.2) is 0 Å². The summed E-state index contributed by atoms with van der Waals surface area (Å²) in [4.78, 5) is 10.3. The molecular weight excluding hydrogens is 199 g/mol. The summed E-state index contributed by atoms with van der Waals surface area (Å²) >= 11 is 0. The second-order valence-electron chi connectivity index (χ2n) is 2.59. The Balaban J connectivity index is 3.38. The van der Waals surface area contributed by atoms with Crippen LogP contribution in [-0.4, -0.2) is 5.97 Å². The number of anilines is 1. The molecule has 0 saturated carbocycles. The summed E-state index contributed by atoms with van der Waals surface area (Å²) in [5.74, 6) is -1.88. The number of benzene rings is 1. The molecule has 0 amide bonds. The Bertz CT molecular complexity index is 373. The second kappa shape index (κ2) is 3.21. The molecule has 0 aromatic heterocycles. The van der Waals surface area contributed by atoms with Crippen molar-refractivity contribution in [1.82, 2.24) is 0 Å². The molecule has 1 rings (SSSR count). The van der Waals surface area contributed by atoms with Gasteiger partial charge in [-0.05, 0) is 12.1 Å². The molecule has 14 heavy (non-hydrogen) atoms. The van der Waals surface area contributed by atoms with Crippen molar-refractivity contribution in [2.24, 2.45) is 0 Å². The Morgan fingerprint density at radius 3 is 2.36 bits per heavy atom. The molecular formula is C8H5F3NO2-. The SMILES string of the molecule is Nc1ccc(C(=O)[O-])c(C(F)(F)F)c1. The Morgan fingerprint density at radius 2 is 1.93 bits per heavy atom. The van der Waals surface area contributed by atoms with Gasteiger partial charge in [-0.1, -0.05) is 6.07 Å². The Morgan fingerprint density at radius 1 is 1.36 bits per heavy atom. The molecule has 0 aliphatic heterocycles. The molecule has 76 valence electrons. The van der Waals surface area contributed by atoms with Crippen molar-refractivity contribution in [1.29, 1.82) is 0 Å². The quantitative estimate of drug-likeness (QED) is 0.683. The lowest BCUT2D eigenvalue weighted by Gasteiger charge is -2.13. The van der Waals surface area contributed by atoms with Crippen molar-refractivity contribution < 1.29 is 23.1 Å². The van der Waals surface area contributed by atoms with Crippen molar-refractivity contribution >= 4 is 11.7 Å². The molecule has 2 N–H and O–H groups in total. The Hall–Kier alpha value is -1.72. The molecule has 0 unspecified atom stereocenters. The maximum absolute atomic E-state index is 12.2. The molecule has 0 fully saturated rings. The molecule has 6 heteroatoms. The van der Waals surface area contributed by atoms with Crippen LogP contribution in [0.2, 0.25) is 0 Å². The molecule has 3 nitrogen and oxygen atoms in total. The lowest BCUT2D eigenvalue weighted by Crippen LogP contribution is -2.26. The van der Waals surface area contributed by atoms with Crippen LogP contribution in [0.4, 0.5) is 18.9 Å². The van der Waals surface area contributed by atoms with Gasteiger partial charge >= 0.3 is 6.18 Å². The first-order valence-electron chi connectivity index (χ1n) is 3.50. The number of carbonyl (C=O) groups is 1. The zero-order valence-corrected chi connectivity index (χ0v) is 6.76. The van der Waals surface area contributed by atoms with Crippen LogP contribution in [0, 0.1) is 0 Å². The number of alkyl halides is 3. The Kier molecular flexibility index (Phi) is 2.37. The van der Waals surface area contributed by atoms with E-state index in [2.05, 4.69) is 0 Å². The average Bonchev–Trinajstić information content (AvgIpc) is 2.01. The van der Waals surface area contributed by atoms with Gasteiger partial charge in [0.2, 0.25) is 0 Å². The smallest absolute Gasteiger partial charge is 0.417 e. The van der Waals surface area contributed by atoms with Crippen LogP contribution < -0.4 is 10.8 Å². The first kappa shape index (κ1) is 10.4. The largest absolute Gasteiger partial charge is 0.545 e. The van der Waals surface area contributed by atoms with E-state index in [1.807, 2.05) is 0 Å². The van der Waals surface area contributed by atoms with Crippen LogP contribution in [-0.2, 0) is 6.18 Å². The van der Waals surface area contributed by atoms with Gasteiger partial charge in [0.1, 0.15) is 0 Å². The standard InChI is InChI=1S/C8H6F3NO2/c9-8(10,11)6-3-4(12)1-2-5(6)7(13)14/h1-3H,12H2,(H,13,14)/p-1. The number of carbonyl (C=O) groups excluding carboxylic acids is 1. The van der Waals surface area contributed by atoms with Gasteiger partial charge in [-0.3, -0.25) is 0 Å². The molecule has 0 aliphatic rings. The van der Waals surface area contributed by atoms with Crippen molar-refractivity contribution in [3.63, 3.8) is 0 Å². The Labute approximate surface area is 77.0 Å². The van der Waals surface area contributed by atoms with Gasteiger partial charge in [0, 0.05) is 11.3 Å². The summed E-state index contributed by atoms with van der Waals surface area (Å²) in [5.41, 5.74) is 2.76. The molecule has 0 bridgehead atoms. The third-order valence-corrected chi connectivity index (χ3v) is 1.57. The minimum Gasteiger partial charge on any atom is -0.545 e. The number of aromatic carboxylic acids is 1. The highest BCUT2D eigenvalue weighted by atomic mass is 19.4. The number of hydrogen-bond donors (Lipinski definition) is 1. The second-order valence-corrected chi connectivity index (χ2v) is 2.59. The van der Waals surface area contributed by atoms with Gasteiger partial charge in [0.25, 0.3) is 0 Å². The fourth-order valence-corrected chi connectivity index (χ4v) is 0.974. The number of halogens is 3. The van der Waals surface area contributed by atoms with E-state index in [4.69, 9.17) is 5.73 Å². The van der Waals surface area contributed by atoms with E-state index >= 15 is 0 Å². The van der Waals surface area contributed by atoms with E-state index < -0.39 is 23.3 Å². The summed E-state index contributed by atoms with van der Waals surface area (Å²) < 4.78 is 36.7. The van der Waals surface area contributed by atoms with E-state index in [-0.39, 0.29) is 5.69 Å². The topological polar surface area (TPSA) is 66.2 Å². The number of carboxylic acid groups (broad SMARTS) is 1. The lowest BCUT2D eigenvalue weighted by atomic mass is 10.1. The fourth-order valence-electron chi connectivity index (χ4n) is 0.974. The maximum atomic E-state index is 12.2. The van der Waals surface area contributed by atoms with Crippen LogP contribution in [0.5, 0.6) is 0 Å². The minimum absolute atomic E-state index is 0.151. The number of carboxylic acids is 1. The van der Waals surface area contributed by atoms with Crippen LogP contribution in [0.1, 0.15) is 15.9 Å². The summed E-state index contributed by atoms with van der Waals surface area (Å²) in [6, 6.07) is 2.40. The zero-order valence-electron chi connectivity index (χ0n) is 6.76. The molecule has 0 saturated heterocycles. The van der Waals surface area contributed by atoms with Crippen LogP contribution in [0.15, 0.2) is 18.2 Å². The molecule has 0 aliphatic carbocycles. The van der Waals surface area contributed by atoms with E-state index in [1.165, 1.54) is 0 Å². The molecule has 0 heterocycles. The minimum atomic E-state index is -4.75. The summed E-state index contributed by atoms with van der Waals surface area (Å²) in [6.45, 7) is 0. The third kappa shape index (κ3) is 1.95. The summed E-state index contributed by atoms with van der Waals surface area (Å²) in [6.07, 6.45) is -4.75. The highest BCUT2D eigenvalue weighted by molar-refractivity contribution is 5.88. The number of nitrogen functional groups attached to an aromatic ring is 1. The van der Waals surface area contributed by atoms with Crippen molar-refractivity contribution in [2.45, 2.75) is 6.18 Å². The van der Waals surface area contributed by atoms with Gasteiger partial charge in [-0.15, -0.1) is 0 Å². The normalized spacial score (nSPS) is 11.4. The monoisotopic (exact) mass is 204 g/mol. The summed E-state index contributed by atoms with van der Waals surface area (Å²) in [5, 5.41) is 10.3. The molecule has 0 atom stereocenters. The predicted octanol–water partition coefficient (Wildman–Crippen LogP) is 0.651. The summed E-state index contributed by atoms with van der Waals surface area (Å²) in [7, 11) is 0. The van der Waals surface area contributed by atoms with E-state index in [9.17, 15) is 23.1 Å². The molecule has 1 aromatic rings. The van der Waals surface area contributed by atoms with Gasteiger partial charge in [-0.2, -0.15) is 13.2 Å². The van der Waals surface area contributed by atoms with Crippen molar-refractivity contribution in [3.8, 4) is 0 Å². The average molecular weight is 204 g/mol. The number of hydrogen-bond acceptors (Lipinski definition) is 3. The van der Waals surface area contributed by atoms with Gasteiger partial charge in [0.05, 0.1) is 11.5 Å². The van der Waals surface area contributed by atoms with Gasteiger partial charge < -0.3 is 15.6 Å². The van der Waals surface area contributed by atoms with Crippen LogP contribution in [0.3, 0.4) is 0 Å². The highest BCUT2D eigenvalue weighted by Gasteiger charge is 2.33. The van der Waals surface area contributed by atoms with E-state index in [0.717, 1.165) is 12.1 Å². The number of rotatable bonds is 1. The number of nitrogens with two attached hydrogens (primary N) is 1. The third-order valence-electron chi connectivity index (χ3n) is 1.57. The molecule has 0 spiro atoms. The van der Waals surface area contributed by atoms with Gasteiger partial charge in [-0.25, -0.2) is 0 Å². The fraction of sp³-hybridized carbons (Fsp3) is 0.125. The van der Waals surface area contributed by atoms with Crippen molar-refractivity contribution in [2.75, 3.05) is 5.73 Å². The first-order chi connectivity index (χ1) is 6.32. The van der Waals surface area contributed by atoms with Crippen LogP contribution >= 0.6 is 0 Å². The maximum Gasteiger partial charge on any atom is 0.417 e. The first-order valence-corrected chi connectivity index (χ1v) is 3.50. The van der Waals surface area contributed by atoms with E-state index in [0.29, 0.717) is 6.07 Å². The molecule has 1 aromatic carbocycles. The highest BCUT2D eigenvalue weighted by Crippen LogP contribution is 2.32.